The molecule has 1 aromatic heterocycles. The summed E-state index contributed by atoms with van der Waals surface area (Å²) in [5.41, 5.74) is 2.12. The summed E-state index contributed by atoms with van der Waals surface area (Å²) < 4.78 is 6.93. The Balaban J connectivity index is 1.73. The summed E-state index contributed by atoms with van der Waals surface area (Å²) in [6.07, 6.45) is 2.06. The van der Waals surface area contributed by atoms with Crippen molar-refractivity contribution in [1.82, 2.24) is 4.57 Å². The number of hydrogen-bond donors (Lipinski definition) is 0. The van der Waals surface area contributed by atoms with E-state index in [1.54, 1.807) is 29.9 Å². The fourth-order valence-corrected chi connectivity index (χ4v) is 4.65. The summed E-state index contributed by atoms with van der Waals surface area (Å²) >= 11 is 6.30. The molecule has 2 heterocycles. The van der Waals surface area contributed by atoms with Gasteiger partial charge in [0.1, 0.15) is 11.6 Å². The number of benzene rings is 3. The number of anilines is 1. The Kier molecular flexibility index (Phi) is 7.19. The van der Waals surface area contributed by atoms with Gasteiger partial charge in [0.15, 0.2) is 5.69 Å². The van der Waals surface area contributed by atoms with Crippen LogP contribution < -0.4 is 15.2 Å². The Morgan fingerprint density at radius 3 is 2.29 bits per heavy atom. The van der Waals surface area contributed by atoms with Crippen molar-refractivity contribution in [1.29, 1.82) is 0 Å². The maximum atomic E-state index is 14.2. The third-order valence-corrected chi connectivity index (χ3v) is 6.62. The van der Waals surface area contributed by atoms with Gasteiger partial charge in [-0.05, 0) is 66.9 Å². The molecule has 0 bridgehead atoms. The third-order valence-electron chi connectivity index (χ3n) is 6.39. The number of hydrogen-bond acceptors (Lipinski definition) is 7. The fraction of sp³-hybridized carbons (Fsp3) is 0.179. The topological polar surface area (TPSA) is 102 Å². The van der Waals surface area contributed by atoms with Crippen molar-refractivity contribution in [3.05, 3.63) is 104 Å². The highest BCUT2D eigenvalue weighted by Gasteiger charge is 2.23. The molecule has 3 aromatic carbocycles. The number of rotatable bonds is 7. The van der Waals surface area contributed by atoms with Gasteiger partial charge in [-0.25, -0.2) is 0 Å². The zero-order valence-corrected chi connectivity index (χ0v) is 21.3. The Labute approximate surface area is 223 Å². The molecule has 0 amide bonds. The van der Waals surface area contributed by atoms with Crippen LogP contribution >= 0.6 is 11.6 Å². The molecule has 0 unspecified atom stereocenters. The summed E-state index contributed by atoms with van der Waals surface area (Å²) in [5, 5.41) is 20.2. The molecule has 0 saturated carbocycles. The number of methoxy groups -OCH3 is 1. The zero-order chi connectivity index (χ0) is 26.6. The normalized spacial score (nSPS) is 13.3. The van der Waals surface area contributed by atoms with E-state index in [1.165, 1.54) is 24.3 Å². The van der Waals surface area contributed by atoms with E-state index >= 15 is 0 Å². The van der Waals surface area contributed by atoms with Crippen molar-refractivity contribution >= 4 is 34.5 Å². The van der Waals surface area contributed by atoms with Gasteiger partial charge in [-0.3, -0.25) is 19.5 Å². The molecule has 1 aliphatic heterocycles. The van der Waals surface area contributed by atoms with E-state index in [4.69, 9.17) is 16.3 Å². The van der Waals surface area contributed by atoms with E-state index in [0.29, 0.717) is 27.7 Å². The van der Waals surface area contributed by atoms with Gasteiger partial charge in [-0.1, -0.05) is 29.8 Å². The van der Waals surface area contributed by atoms with Crippen molar-refractivity contribution in [2.24, 2.45) is 10.2 Å². The number of aromatic nitrogens is 1. The van der Waals surface area contributed by atoms with E-state index in [9.17, 15) is 14.9 Å². The smallest absolute Gasteiger partial charge is 0.285 e. The lowest BCUT2D eigenvalue weighted by molar-refractivity contribution is -0.384. The Hall–Kier alpha value is -4.50. The van der Waals surface area contributed by atoms with Crippen LogP contribution in [0.5, 0.6) is 5.75 Å². The molecule has 0 atom stereocenters. The van der Waals surface area contributed by atoms with Gasteiger partial charge in [-0.15, -0.1) is 5.11 Å². The van der Waals surface area contributed by atoms with Gasteiger partial charge >= 0.3 is 0 Å². The van der Waals surface area contributed by atoms with Crippen molar-refractivity contribution in [2.45, 2.75) is 12.8 Å². The number of ether oxygens (including phenoxy) is 1. The Bertz CT molecular complexity index is 1560. The second-order valence-electron chi connectivity index (χ2n) is 8.78. The maximum Gasteiger partial charge on any atom is 0.285 e. The lowest BCUT2D eigenvalue weighted by Crippen LogP contribution is -2.29. The second-order valence-corrected chi connectivity index (χ2v) is 9.22. The van der Waals surface area contributed by atoms with Gasteiger partial charge in [0.2, 0.25) is 0 Å². The van der Waals surface area contributed by atoms with E-state index in [0.717, 1.165) is 37.3 Å². The molecule has 5 rings (SSSR count). The fourth-order valence-electron chi connectivity index (χ4n) is 4.47. The SMILES string of the molecule is COc1ccc(-c2cc(N3CCCC3)n(-c3cccc(Cl)c3)c(=O)c2N=Nc2ccc([N+](=O)[O-])cc2)cc1. The number of non-ortho nitro benzene ring substituents is 1. The molecule has 10 heteroatoms. The van der Waals surface area contributed by atoms with E-state index in [1.807, 2.05) is 36.4 Å². The zero-order valence-electron chi connectivity index (χ0n) is 20.6. The Morgan fingerprint density at radius 1 is 0.947 bits per heavy atom. The molecular weight excluding hydrogens is 506 g/mol. The van der Waals surface area contributed by atoms with Crippen LogP contribution in [0.4, 0.5) is 22.9 Å². The third kappa shape index (κ3) is 5.14. The molecule has 38 heavy (non-hydrogen) atoms. The largest absolute Gasteiger partial charge is 0.497 e. The first-order valence-electron chi connectivity index (χ1n) is 12.1. The average Bonchev–Trinajstić information content (AvgIpc) is 3.47. The molecule has 1 aliphatic rings. The molecule has 4 aromatic rings. The van der Waals surface area contributed by atoms with Gasteiger partial charge in [0, 0.05) is 35.8 Å². The first kappa shape index (κ1) is 25.2. The summed E-state index contributed by atoms with van der Waals surface area (Å²) in [6.45, 7) is 1.65. The predicted molar refractivity (Wildman–Crippen MR) is 148 cm³/mol. The lowest BCUT2D eigenvalue weighted by atomic mass is 10.0. The quantitative estimate of drug-likeness (QED) is 0.144. The average molecular weight is 530 g/mol. The van der Waals surface area contributed by atoms with Gasteiger partial charge in [-0.2, -0.15) is 5.11 Å². The summed E-state index contributed by atoms with van der Waals surface area (Å²) in [5.74, 6) is 1.43. The highest BCUT2D eigenvalue weighted by atomic mass is 35.5. The lowest BCUT2D eigenvalue weighted by Gasteiger charge is -2.24. The van der Waals surface area contributed by atoms with E-state index < -0.39 is 4.92 Å². The van der Waals surface area contributed by atoms with Crippen LogP contribution in [-0.2, 0) is 0 Å². The molecule has 0 radical (unpaired) electrons. The molecule has 192 valence electrons. The predicted octanol–water partition coefficient (Wildman–Crippen LogP) is 7.09. The van der Waals surface area contributed by atoms with Crippen LogP contribution in [-0.4, -0.2) is 29.7 Å². The monoisotopic (exact) mass is 529 g/mol. The standard InChI is InChI=1S/C28H24ClN5O4/c1-38-24-13-7-19(8-14-24)25-18-26(32-15-2-3-16-32)33(23-6-4-5-20(29)17-23)28(35)27(25)31-30-21-9-11-22(12-10-21)34(36)37/h4-14,17-18H,2-3,15-16H2,1H3. The number of pyridine rings is 1. The van der Waals surface area contributed by atoms with E-state index in [-0.39, 0.29) is 16.9 Å². The minimum absolute atomic E-state index is 0.0545. The van der Waals surface area contributed by atoms with Crippen molar-refractivity contribution in [3.8, 4) is 22.6 Å². The van der Waals surface area contributed by atoms with Crippen LogP contribution in [0.2, 0.25) is 5.02 Å². The van der Waals surface area contributed by atoms with Crippen LogP contribution in [0, 0.1) is 10.1 Å². The van der Waals surface area contributed by atoms with Crippen LogP contribution in [0.1, 0.15) is 12.8 Å². The molecular formula is C28H24ClN5O4. The first-order chi connectivity index (χ1) is 18.4. The van der Waals surface area contributed by atoms with Crippen molar-refractivity contribution < 1.29 is 9.66 Å². The molecule has 1 fully saturated rings. The number of halogens is 1. The second kappa shape index (κ2) is 10.9. The molecule has 0 aliphatic carbocycles. The number of nitro groups is 1. The minimum atomic E-state index is -0.483. The van der Waals surface area contributed by atoms with Gasteiger partial charge in [0.25, 0.3) is 11.2 Å². The number of nitrogens with zero attached hydrogens (tertiary/aromatic N) is 5. The number of azo groups is 1. The number of nitro benzene ring substituents is 1. The molecule has 9 nitrogen and oxygen atoms in total. The summed E-state index contributed by atoms with van der Waals surface area (Å²) in [6, 6.07) is 22.1. The van der Waals surface area contributed by atoms with Crippen molar-refractivity contribution in [2.75, 3.05) is 25.1 Å². The molecule has 0 spiro atoms. The van der Waals surface area contributed by atoms with E-state index in [2.05, 4.69) is 15.1 Å². The van der Waals surface area contributed by atoms with Crippen LogP contribution in [0.15, 0.2) is 93.9 Å². The summed E-state index contributed by atoms with van der Waals surface area (Å²) in [7, 11) is 1.59. The summed E-state index contributed by atoms with van der Waals surface area (Å²) in [4.78, 5) is 26.9. The highest BCUT2D eigenvalue weighted by molar-refractivity contribution is 6.30. The highest BCUT2D eigenvalue weighted by Crippen LogP contribution is 2.36. The molecule has 0 N–H and O–H groups in total. The Morgan fingerprint density at radius 2 is 1.66 bits per heavy atom. The van der Waals surface area contributed by atoms with Gasteiger partial charge in [0.05, 0.1) is 23.4 Å². The first-order valence-corrected chi connectivity index (χ1v) is 12.4. The van der Waals surface area contributed by atoms with Gasteiger partial charge < -0.3 is 9.64 Å². The minimum Gasteiger partial charge on any atom is -0.497 e. The molecule has 1 saturated heterocycles. The maximum absolute atomic E-state index is 14.2. The van der Waals surface area contributed by atoms with Crippen LogP contribution in [0.25, 0.3) is 16.8 Å². The van der Waals surface area contributed by atoms with Crippen molar-refractivity contribution in [3.63, 3.8) is 0 Å². The van der Waals surface area contributed by atoms with Crippen LogP contribution in [0.3, 0.4) is 0 Å².